The molecule has 4 heteroatoms. The van der Waals surface area contributed by atoms with Crippen LogP contribution in [0.15, 0.2) is 0 Å². The highest BCUT2D eigenvalue weighted by atomic mass is 16.5. The van der Waals surface area contributed by atoms with Crippen LogP contribution in [0.1, 0.15) is 12.8 Å². The third-order valence-corrected chi connectivity index (χ3v) is 2.37. The Bertz CT molecular complexity index is 173. The fourth-order valence-electron chi connectivity index (χ4n) is 1.60. The molecule has 1 saturated heterocycles. The van der Waals surface area contributed by atoms with Gasteiger partial charge in [0.15, 0.2) is 0 Å². The maximum absolute atomic E-state index is 10.9. The van der Waals surface area contributed by atoms with Crippen LogP contribution in [0, 0.1) is 12.3 Å². The molecule has 2 N–H and O–H groups in total. The molecule has 0 aromatic rings. The van der Waals surface area contributed by atoms with E-state index < -0.39 is 0 Å². The van der Waals surface area contributed by atoms with Gasteiger partial charge in [-0.25, -0.2) is 4.79 Å². The topological polar surface area (TPSA) is 55.6 Å². The van der Waals surface area contributed by atoms with E-state index >= 15 is 0 Å². The van der Waals surface area contributed by atoms with E-state index in [9.17, 15) is 4.79 Å². The first-order chi connectivity index (χ1) is 6.24. The summed E-state index contributed by atoms with van der Waals surface area (Å²) in [6.07, 6.45) is 4.17. The number of ether oxygens (including phenoxy) is 1. The highest BCUT2D eigenvalue weighted by Gasteiger charge is 2.21. The van der Waals surface area contributed by atoms with Gasteiger partial charge in [0, 0.05) is 26.8 Å². The standard InChI is InChI=1S/C9H17N2O2/c1-13-6-4-8-3-2-5-11(7-8)9(10)12/h2,8H,3-7H2,1H3,(H2,10,12). The molecular weight excluding hydrogens is 168 g/mol. The third kappa shape index (κ3) is 3.22. The lowest BCUT2D eigenvalue weighted by Gasteiger charge is -2.31. The Balaban J connectivity index is 2.29. The van der Waals surface area contributed by atoms with Gasteiger partial charge in [0.1, 0.15) is 0 Å². The molecule has 1 radical (unpaired) electrons. The molecule has 0 aromatic heterocycles. The third-order valence-electron chi connectivity index (χ3n) is 2.37. The zero-order chi connectivity index (χ0) is 9.68. The quantitative estimate of drug-likeness (QED) is 0.701. The summed E-state index contributed by atoms with van der Waals surface area (Å²) in [6.45, 7) is 2.22. The molecule has 1 rings (SSSR count). The van der Waals surface area contributed by atoms with Crippen LogP contribution in [0.2, 0.25) is 0 Å². The summed E-state index contributed by atoms with van der Waals surface area (Å²) < 4.78 is 4.99. The second-order valence-electron chi connectivity index (χ2n) is 3.42. The average Bonchev–Trinajstić information content (AvgIpc) is 2.15. The lowest BCUT2D eigenvalue weighted by atomic mass is 9.95. The van der Waals surface area contributed by atoms with E-state index in [2.05, 4.69) is 6.42 Å². The minimum atomic E-state index is -0.321. The van der Waals surface area contributed by atoms with Gasteiger partial charge in [-0.3, -0.25) is 0 Å². The normalized spacial score (nSPS) is 23.2. The summed E-state index contributed by atoms with van der Waals surface area (Å²) in [5, 5.41) is 0. The summed E-state index contributed by atoms with van der Waals surface area (Å²) in [6, 6.07) is -0.321. The molecule has 0 aromatic carbocycles. The Morgan fingerprint density at radius 1 is 1.77 bits per heavy atom. The second kappa shape index (κ2) is 5.07. The van der Waals surface area contributed by atoms with Crippen molar-refractivity contribution in [2.45, 2.75) is 12.8 Å². The van der Waals surface area contributed by atoms with E-state index in [-0.39, 0.29) is 6.03 Å². The van der Waals surface area contributed by atoms with Crippen molar-refractivity contribution < 1.29 is 9.53 Å². The van der Waals surface area contributed by atoms with Gasteiger partial charge in [-0.1, -0.05) is 0 Å². The zero-order valence-electron chi connectivity index (χ0n) is 8.03. The van der Waals surface area contributed by atoms with Crippen molar-refractivity contribution in [3.8, 4) is 0 Å². The Hall–Kier alpha value is -0.770. The lowest BCUT2D eigenvalue weighted by molar-refractivity contribution is 0.149. The Morgan fingerprint density at radius 2 is 2.54 bits per heavy atom. The van der Waals surface area contributed by atoms with Gasteiger partial charge in [0.05, 0.1) is 0 Å². The van der Waals surface area contributed by atoms with Crippen molar-refractivity contribution >= 4 is 6.03 Å². The number of methoxy groups -OCH3 is 1. The minimum Gasteiger partial charge on any atom is -0.385 e. The summed E-state index contributed by atoms with van der Waals surface area (Å²) in [7, 11) is 1.69. The summed E-state index contributed by atoms with van der Waals surface area (Å²) in [4.78, 5) is 12.5. The number of hydrogen-bond acceptors (Lipinski definition) is 2. The van der Waals surface area contributed by atoms with Crippen molar-refractivity contribution in [2.75, 3.05) is 26.8 Å². The molecule has 0 saturated carbocycles. The second-order valence-corrected chi connectivity index (χ2v) is 3.42. The highest BCUT2D eigenvalue weighted by Crippen LogP contribution is 2.18. The number of urea groups is 1. The predicted octanol–water partition coefficient (Wildman–Crippen LogP) is 0.628. The molecule has 1 atom stereocenters. The van der Waals surface area contributed by atoms with Crippen LogP contribution < -0.4 is 5.73 Å². The van der Waals surface area contributed by atoms with Gasteiger partial charge in [-0.2, -0.15) is 0 Å². The first kappa shape index (κ1) is 10.3. The number of amides is 2. The average molecular weight is 185 g/mol. The number of likely N-dealkylation sites (tertiary alicyclic amines) is 1. The van der Waals surface area contributed by atoms with Gasteiger partial charge in [0.2, 0.25) is 0 Å². The van der Waals surface area contributed by atoms with Gasteiger partial charge < -0.3 is 15.4 Å². The van der Waals surface area contributed by atoms with E-state index in [1.807, 2.05) is 0 Å². The molecule has 0 aliphatic carbocycles. The largest absolute Gasteiger partial charge is 0.385 e. The van der Waals surface area contributed by atoms with Crippen LogP contribution in [-0.2, 0) is 4.74 Å². The maximum Gasteiger partial charge on any atom is 0.314 e. The van der Waals surface area contributed by atoms with E-state index in [4.69, 9.17) is 10.5 Å². The van der Waals surface area contributed by atoms with Crippen molar-refractivity contribution in [1.82, 2.24) is 4.90 Å². The van der Waals surface area contributed by atoms with E-state index in [0.29, 0.717) is 12.5 Å². The minimum absolute atomic E-state index is 0.321. The lowest BCUT2D eigenvalue weighted by Crippen LogP contribution is -2.43. The number of hydrogen-bond donors (Lipinski definition) is 1. The van der Waals surface area contributed by atoms with Crippen LogP contribution in [0.5, 0.6) is 0 Å². The van der Waals surface area contributed by atoms with E-state index in [1.165, 1.54) is 0 Å². The van der Waals surface area contributed by atoms with Gasteiger partial charge in [-0.15, -0.1) is 0 Å². The fraction of sp³-hybridized carbons (Fsp3) is 0.778. The molecular formula is C9H17N2O2. The molecule has 1 aliphatic heterocycles. The molecule has 4 nitrogen and oxygen atoms in total. The SMILES string of the molecule is COCCC1C[CH]CN(C(N)=O)C1. The van der Waals surface area contributed by atoms with Crippen molar-refractivity contribution in [1.29, 1.82) is 0 Å². The van der Waals surface area contributed by atoms with Gasteiger partial charge >= 0.3 is 6.03 Å². The number of nitrogens with zero attached hydrogens (tertiary/aromatic N) is 1. The van der Waals surface area contributed by atoms with E-state index in [0.717, 1.165) is 26.0 Å². The number of carbonyl (C=O) groups is 1. The van der Waals surface area contributed by atoms with Crippen LogP contribution in [0.3, 0.4) is 0 Å². The first-order valence-corrected chi connectivity index (χ1v) is 4.59. The summed E-state index contributed by atoms with van der Waals surface area (Å²) >= 11 is 0. The maximum atomic E-state index is 10.9. The Labute approximate surface area is 79.0 Å². The molecule has 75 valence electrons. The number of carbonyl (C=O) groups excluding carboxylic acids is 1. The molecule has 0 spiro atoms. The molecule has 1 aliphatic rings. The fourth-order valence-corrected chi connectivity index (χ4v) is 1.60. The van der Waals surface area contributed by atoms with Crippen LogP contribution >= 0.6 is 0 Å². The predicted molar refractivity (Wildman–Crippen MR) is 50.1 cm³/mol. The summed E-state index contributed by atoms with van der Waals surface area (Å²) in [5.41, 5.74) is 5.19. The van der Waals surface area contributed by atoms with E-state index in [1.54, 1.807) is 12.0 Å². The molecule has 1 heterocycles. The molecule has 1 unspecified atom stereocenters. The van der Waals surface area contributed by atoms with Crippen molar-refractivity contribution in [3.05, 3.63) is 6.42 Å². The molecule has 2 amide bonds. The van der Waals surface area contributed by atoms with Gasteiger partial charge in [0.25, 0.3) is 0 Å². The number of nitrogens with two attached hydrogens (primary N) is 1. The zero-order valence-corrected chi connectivity index (χ0v) is 8.03. The van der Waals surface area contributed by atoms with Crippen LogP contribution in [0.4, 0.5) is 4.79 Å². The van der Waals surface area contributed by atoms with Crippen molar-refractivity contribution in [2.24, 2.45) is 11.7 Å². The smallest absolute Gasteiger partial charge is 0.314 e. The highest BCUT2D eigenvalue weighted by molar-refractivity contribution is 5.72. The number of primary amides is 1. The van der Waals surface area contributed by atoms with Crippen LogP contribution in [-0.4, -0.2) is 37.7 Å². The molecule has 1 fully saturated rings. The molecule has 13 heavy (non-hydrogen) atoms. The molecule has 0 bridgehead atoms. The Morgan fingerprint density at radius 3 is 3.15 bits per heavy atom. The van der Waals surface area contributed by atoms with Crippen LogP contribution in [0.25, 0.3) is 0 Å². The number of rotatable bonds is 3. The Kier molecular flexibility index (Phi) is 4.02. The first-order valence-electron chi connectivity index (χ1n) is 4.59. The number of piperidine rings is 1. The van der Waals surface area contributed by atoms with Gasteiger partial charge in [-0.05, 0) is 25.2 Å². The van der Waals surface area contributed by atoms with Crippen molar-refractivity contribution in [3.63, 3.8) is 0 Å². The summed E-state index contributed by atoms with van der Waals surface area (Å²) in [5.74, 6) is 0.515. The monoisotopic (exact) mass is 185 g/mol.